The number of rotatable bonds is 3. The van der Waals surface area contributed by atoms with Crippen molar-refractivity contribution in [1.29, 1.82) is 0 Å². The summed E-state index contributed by atoms with van der Waals surface area (Å²) in [5.74, 6) is 2.47. The van der Waals surface area contributed by atoms with Gasteiger partial charge in [-0.05, 0) is 18.2 Å². The molecule has 1 N–H and O–H groups in total. The fraction of sp³-hybridized carbons (Fsp3) is 0.267. The van der Waals surface area contributed by atoms with E-state index in [1.807, 2.05) is 30.3 Å². The van der Waals surface area contributed by atoms with Crippen LogP contribution in [-0.2, 0) is 0 Å². The number of hydrogen-bond acceptors (Lipinski definition) is 4. The van der Waals surface area contributed by atoms with Crippen LogP contribution in [0.5, 0.6) is 11.5 Å². The monoisotopic (exact) mass is 256 g/mol. The Labute approximate surface area is 112 Å². The van der Waals surface area contributed by atoms with Gasteiger partial charge in [0.2, 0.25) is 0 Å². The molecule has 1 aromatic heterocycles. The smallest absolute Gasteiger partial charge is 0.169 e. The molecule has 0 saturated heterocycles. The number of para-hydroxylation sites is 1. The average molecular weight is 256 g/mol. The van der Waals surface area contributed by atoms with E-state index in [1.54, 1.807) is 13.3 Å². The Balaban J connectivity index is 1.88. The van der Waals surface area contributed by atoms with Gasteiger partial charge >= 0.3 is 0 Å². The second-order valence-electron chi connectivity index (χ2n) is 4.43. The fourth-order valence-electron chi connectivity index (χ4n) is 2.32. The molecule has 2 heterocycles. The minimum Gasteiger partial charge on any atom is -0.493 e. The molecule has 1 aromatic carbocycles. The fourth-order valence-corrected chi connectivity index (χ4v) is 2.32. The lowest BCUT2D eigenvalue weighted by molar-refractivity contribution is 0.274. The molecule has 19 heavy (non-hydrogen) atoms. The molecule has 0 amide bonds. The lowest BCUT2D eigenvalue weighted by Crippen LogP contribution is -2.21. The molecule has 4 nitrogen and oxygen atoms in total. The van der Waals surface area contributed by atoms with Crippen LogP contribution in [0.15, 0.2) is 42.6 Å². The van der Waals surface area contributed by atoms with Gasteiger partial charge in [-0.1, -0.05) is 18.2 Å². The van der Waals surface area contributed by atoms with E-state index >= 15 is 0 Å². The number of aromatic nitrogens is 1. The van der Waals surface area contributed by atoms with Crippen molar-refractivity contribution in [2.75, 3.05) is 19.0 Å². The Morgan fingerprint density at radius 1 is 1.26 bits per heavy atom. The number of nitrogens with one attached hydrogen (secondary N) is 1. The average Bonchev–Trinajstić information content (AvgIpc) is 2.48. The van der Waals surface area contributed by atoms with Crippen molar-refractivity contribution in [1.82, 2.24) is 4.98 Å². The first-order chi connectivity index (χ1) is 9.38. The third-order valence-corrected chi connectivity index (χ3v) is 3.26. The molecule has 1 aliphatic rings. The van der Waals surface area contributed by atoms with Crippen molar-refractivity contribution in [2.24, 2.45) is 0 Å². The van der Waals surface area contributed by atoms with Gasteiger partial charge in [-0.2, -0.15) is 0 Å². The Hall–Kier alpha value is -2.23. The predicted molar refractivity (Wildman–Crippen MR) is 73.7 cm³/mol. The zero-order valence-electron chi connectivity index (χ0n) is 10.8. The van der Waals surface area contributed by atoms with Crippen LogP contribution in [0.3, 0.4) is 0 Å². The molecule has 1 atom stereocenters. The summed E-state index contributed by atoms with van der Waals surface area (Å²) in [4.78, 5) is 4.34. The Morgan fingerprint density at radius 2 is 2.16 bits per heavy atom. The van der Waals surface area contributed by atoms with Crippen molar-refractivity contribution < 1.29 is 9.47 Å². The number of fused-ring (bicyclic) bond motifs is 1. The lowest BCUT2D eigenvalue weighted by Gasteiger charge is -2.27. The van der Waals surface area contributed by atoms with E-state index < -0.39 is 0 Å². The standard InChI is InChI=1S/C15H16N2O2/c1-18-14-7-4-9-16-15(14)17-12-8-10-19-13-6-3-2-5-11(12)13/h2-7,9,12H,8,10H2,1H3,(H,16,17). The molecule has 4 heteroatoms. The highest BCUT2D eigenvalue weighted by Gasteiger charge is 2.22. The topological polar surface area (TPSA) is 43.4 Å². The first-order valence-corrected chi connectivity index (χ1v) is 6.36. The molecule has 1 aliphatic heterocycles. The number of methoxy groups -OCH3 is 1. The highest BCUT2D eigenvalue weighted by Crippen LogP contribution is 2.35. The van der Waals surface area contributed by atoms with E-state index in [9.17, 15) is 0 Å². The highest BCUT2D eigenvalue weighted by atomic mass is 16.5. The van der Waals surface area contributed by atoms with Crippen LogP contribution in [0.2, 0.25) is 0 Å². The van der Waals surface area contributed by atoms with E-state index in [1.165, 1.54) is 5.56 Å². The first kappa shape index (κ1) is 11.8. The van der Waals surface area contributed by atoms with Crippen molar-refractivity contribution in [3.8, 4) is 11.5 Å². The van der Waals surface area contributed by atoms with Gasteiger partial charge in [0.1, 0.15) is 5.75 Å². The second-order valence-corrected chi connectivity index (χ2v) is 4.43. The largest absolute Gasteiger partial charge is 0.493 e. The minimum atomic E-state index is 0.203. The molecular formula is C15H16N2O2. The van der Waals surface area contributed by atoms with Gasteiger partial charge in [-0.25, -0.2) is 4.98 Å². The summed E-state index contributed by atoms with van der Waals surface area (Å²) in [6, 6.07) is 12.1. The Kier molecular flexibility index (Phi) is 3.23. The summed E-state index contributed by atoms with van der Waals surface area (Å²) in [5.41, 5.74) is 1.17. The zero-order chi connectivity index (χ0) is 13.1. The lowest BCUT2D eigenvalue weighted by atomic mass is 10.0. The van der Waals surface area contributed by atoms with Gasteiger partial charge in [0.25, 0.3) is 0 Å². The molecule has 0 saturated carbocycles. The normalized spacial score (nSPS) is 17.2. The van der Waals surface area contributed by atoms with Crippen LogP contribution in [0.4, 0.5) is 5.82 Å². The van der Waals surface area contributed by atoms with E-state index in [4.69, 9.17) is 9.47 Å². The third kappa shape index (κ3) is 2.34. The number of pyridine rings is 1. The number of nitrogens with zero attached hydrogens (tertiary/aromatic N) is 1. The molecule has 2 aromatic rings. The molecule has 98 valence electrons. The molecule has 0 spiro atoms. The van der Waals surface area contributed by atoms with Gasteiger partial charge in [-0.3, -0.25) is 0 Å². The summed E-state index contributed by atoms with van der Waals surface area (Å²) in [6.07, 6.45) is 2.67. The number of anilines is 1. The van der Waals surface area contributed by atoms with Crippen LogP contribution >= 0.6 is 0 Å². The number of benzene rings is 1. The summed E-state index contributed by atoms with van der Waals surface area (Å²) >= 11 is 0. The van der Waals surface area contributed by atoms with Crippen molar-refractivity contribution in [2.45, 2.75) is 12.5 Å². The van der Waals surface area contributed by atoms with Gasteiger partial charge in [0.15, 0.2) is 11.6 Å². The summed E-state index contributed by atoms with van der Waals surface area (Å²) < 4.78 is 11.0. The Morgan fingerprint density at radius 3 is 3.05 bits per heavy atom. The molecule has 0 bridgehead atoms. The van der Waals surface area contributed by atoms with Crippen LogP contribution in [-0.4, -0.2) is 18.7 Å². The maximum atomic E-state index is 5.66. The highest BCUT2D eigenvalue weighted by molar-refractivity contribution is 5.52. The van der Waals surface area contributed by atoms with Crippen LogP contribution in [0, 0.1) is 0 Å². The number of hydrogen-bond donors (Lipinski definition) is 1. The SMILES string of the molecule is COc1cccnc1NC1CCOc2ccccc21. The second kappa shape index (κ2) is 5.18. The molecule has 0 fully saturated rings. The molecule has 1 unspecified atom stereocenters. The van der Waals surface area contributed by atoms with E-state index in [-0.39, 0.29) is 6.04 Å². The molecule has 0 aliphatic carbocycles. The maximum Gasteiger partial charge on any atom is 0.169 e. The molecule has 0 radical (unpaired) electrons. The van der Waals surface area contributed by atoms with Crippen LogP contribution in [0.25, 0.3) is 0 Å². The zero-order valence-corrected chi connectivity index (χ0v) is 10.8. The van der Waals surface area contributed by atoms with E-state index in [0.717, 1.165) is 23.7 Å². The van der Waals surface area contributed by atoms with E-state index in [0.29, 0.717) is 6.61 Å². The van der Waals surface area contributed by atoms with Gasteiger partial charge in [-0.15, -0.1) is 0 Å². The quantitative estimate of drug-likeness (QED) is 0.916. The van der Waals surface area contributed by atoms with Gasteiger partial charge in [0, 0.05) is 18.2 Å². The molecular weight excluding hydrogens is 240 g/mol. The minimum absolute atomic E-state index is 0.203. The van der Waals surface area contributed by atoms with Crippen molar-refractivity contribution >= 4 is 5.82 Å². The van der Waals surface area contributed by atoms with Crippen molar-refractivity contribution in [3.05, 3.63) is 48.2 Å². The predicted octanol–water partition coefficient (Wildman–Crippen LogP) is 3.03. The third-order valence-electron chi connectivity index (χ3n) is 3.26. The maximum absolute atomic E-state index is 5.66. The van der Waals surface area contributed by atoms with E-state index in [2.05, 4.69) is 16.4 Å². The van der Waals surface area contributed by atoms with Gasteiger partial charge < -0.3 is 14.8 Å². The van der Waals surface area contributed by atoms with Crippen LogP contribution in [0.1, 0.15) is 18.0 Å². The Bertz CT molecular complexity index is 572. The van der Waals surface area contributed by atoms with Crippen LogP contribution < -0.4 is 14.8 Å². The molecule has 3 rings (SSSR count). The summed E-state index contributed by atoms with van der Waals surface area (Å²) in [7, 11) is 1.65. The summed E-state index contributed by atoms with van der Waals surface area (Å²) in [6.45, 7) is 0.712. The first-order valence-electron chi connectivity index (χ1n) is 6.36. The summed E-state index contributed by atoms with van der Waals surface area (Å²) in [5, 5.41) is 3.44. The van der Waals surface area contributed by atoms with Gasteiger partial charge in [0.05, 0.1) is 19.8 Å². The van der Waals surface area contributed by atoms with Crippen molar-refractivity contribution in [3.63, 3.8) is 0 Å². The number of ether oxygens (including phenoxy) is 2.